The van der Waals surface area contributed by atoms with E-state index in [1.54, 1.807) is 0 Å². The summed E-state index contributed by atoms with van der Waals surface area (Å²) in [5.41, 5.74) is 1.80. The van der Waals surface area contributed by atoms with E-state index in [2.05, 4.69) is 10.6 Å². The summed E-state index contributed by atoms with van der Waals surface area (Å²) in [6.45, 7) is 1.99. The highest BCUT2D eigenvalue weighted by Gasteiger charge is 2.38. The van der Waals surface area contributed by atoms with Gasteiger partial charge < -0.3 is 10.6 Å². The van der Waals surface area contributed by atoms with Crippen LogP contribution in [0.1, 0.15) is 37.7 Å². The first-order chi connectivity index (χ1) is 9.63. The second-order valence-corrected chi connectivity index (χ2v) is 6.49. The number of anilines is 1. The Labute approximate surface area is 125 Å². The third-order valence-electron chi connectivity index (χ3n) is 4.56. The van der Waals surface area contributed by atoms with Crippen molar-refractivity contribution in [1.29, 1.82) is 0 Å². The molecule has 0 radical (unpaired) electrons. The zero-order valence-corrected chi connectivity index (χ0v) is 12.5. The Bertz CT molecular complexity index is 503. The van der Waals surface area contributed by atoms with Gasteiger partial charge in [-0.2, -0.15) is 0 Å². The summed E-state index contributed by atoms with van der Waals surface area (Å²) in [6.07, 6.45) is 6.01. The Balaban J connectivity index is 1.65. The van der Waals surface area contributed by atoms with Gasteiger partial charge >= 0.3 is 0 Å². The molecular formula is C16H21ClN2O. The SMILES string of the molecule is Cc1ccc(NC(=O)C2CC3CCCCC3N2)c(Cl)c1. The van der Waals surface area contributed by atoms with Crippen molar-refractivity contribution in [2.75, 3.05) is 5.32 Å². The second kappa shape index (κ2) is 5.74. The molecule has 3 rings (SSSR count). The highest BCUT2D eigenvalue weighted by molar-refractivity contribution is 6.33. The Morgan fingerprint density at radius 1 is 1.35 bits per heavy atom. The molecule has 1 amide bonds. The fraction of sp³-hybridized carbons (Fsp3) is 0.562. The third kappa shape index (κ3) is 2.84. The first-order valence-corrected chi connectivity index (χ1v) is 7.84. The largest absolute Gasteiger partial charge is 0.323 e. The van der Waals surface area contributed by atoms with Gasteiger partial charge in [0.2, 0.25) is 5.91 Å². The van der Waals surface area contributed by atoms with Crippen LogP contribution in [0, 0.1) is 12.8 Å². The maximum absolute atomic E-state index is 12.4. The monoisotopic (exact) mass is 292 g/mol. The van der Waals surface area contributed by atoms with Gasteiger partial charge in [0.25, 0.3) is 0 Å². The number of carbonyl (C=O) groups excluding carboxylic acids is 1. The van der Waals surface area contributed by atoms with E-state index in [4.69, 9.17) is 11.6 Å². The molecule has 1 saturated heterocycles. The maximum atomic E-state index is 12.4. The topological polar surface area (TPSA) is 41.1 Å². The number of halogens is 1. The van der Waals surface area contributed by atoms with Crippen molar-refractivity contribution >= 4 is 23.2 Å². The van der Waals surface area contributed by atoms with Crippen molar-refractivity contribution < 1.29 is 4.79 Å². The van der Waals surface area contributed by atoms with Crippen LogP contribution >= 0.6 is 11.6 Å². The molecule has 108 valence electrons. The minimum Gasteiger partial charge on any atom is -0.323 e. The average molecular weight is 293 g/mol. The lowest BCUT2D eigenvalue weighted by molar-refractivity contribution is -0.117. The normalized spacial score (nSPS) is 29.0. The van der Waals surface area contributed by atoms with E-state index >= 15 is 0 Å². The van der Waals surface area contributed by atoms with E-state index in [1.165, 1.54) is 25.7 Å². The lowest BCUT2D eigenvalue weighted by Gasteiger charge is -2.24. The van der Waals surface area contributed by atoms with E-state index in [1.807, 2.05) is 25.1 Å². The summed E-state index contributed by atoms with van der Waals surface area (Å²) in [4.78, 5) is 12.4. The zero-order valence-electron chi connectivity index (χ0n) is 11.8. The molecule has 1 heterocycles. The molecule has 1 saturated carbocycles. The Hall–Kier alpha value is -1.06. The van der Waals surface area contributed by atoms with Crippen LogP contribution < -0.4 is 10.6 Å². The van der Waals surface area contributed by atoms with Gasteiger partial charge in [-0.1, -0.05) is 30.5 Å². The van der Waals surface area contributed by atoms with Gasteiger partial charge in [-0.05, 0) is 49.8 Å². The van der Waals surface area contributed by atoms with Crippen LogP contribution in [0.15, 0.2) is 18.2 Å². The number of benzene rings is 1. The molecule has 0 aromatic heterocycles. The highest BCUT2D eigenvalue weighted by atomic mass is 35.5. The Morgan fingerprint density at radius 2 is 2.15 bits per heavy atom. The molecule has 0 spiro atoms. The molecule has 2 fully saturated rings. The smallest absolute Gasteiger partial charge is 0.241 e. The van der Waals surface area contributed by atoms with Gasteiger partial charge in [0.1, 0.15) is 0 Å². The number of nitrogens with one attached hydrogen (secondary N) is 2. The molecule has 3 unspecified atom stereocenters. The summed E-state index contributed by atoms with van der Waals surface area (Å²) in [7, 11) is 0. The third-order valence-corrected chi connectivity index (χ3v) is 4.87. The van der Waals surface area contributed by atoms with Crippen molar-refractivity contribution in [3.8, 4) is 0 Å². The highest BCUT2D eigenvalue weighted by Crippen LogP contribution is 2.33. The van der Waals surface area contributed by atoms with Crippen molar-refractivity contribution in [2.24, 2.45) is 5.92 Å². The second-order valence-electron chi connectivity index (χ2n) is 6.08. The van der Waals surface area contributed by atoms with Crippen LogP contribution in [0.2, 0.25) is 5.02 Å². The van der Waals surface area contributed by atoms with Crippen LogP contribution in [-0.4, -0.2) is 18.0 Å². The van der Waals surface area contributed by atoms with E-state index in [-0.39, 0.29) is 11.9 Å². The first kappa shape index (κ1) is 13.9. The summed E-state index contributed by atoms with van der Waals surface area (Å²) in [5.74, 6) is 0.721. The lowest BCUT2D eigenvalue weighted by atomic mass is 9.85. The molecule has 1 aliphatic heterocycles. The number of rotatable bonds is 2. The molecule has 1 aromatic carbocycles. The van der Waals surface area contributed by atoms with Crippen molar-refractivity contribution in [3.63, 3.8) is 0 Å². The van der Waals surface area contributed by atoms with Gasteiger partial charge in [0, 0.05) is 6.04 Å². The predicted octanol–water partition coefficient (Wildman–Crippen LogP) is 3.51. The number of fused-ring (bicyclic) bond motifs is 1. The summed E-state index contributed by atoms with van der Waals surface area (Å²) >= 11 is 6.17. The quantitative estimate of drug-likeness (QED) is 0.876. The number of carbonyl (C=O) groups is 1. The van der Waals surface area contributed by atoms with Crippen LogP contribution in [0.5, 0.6) is 0 Å². The molecule has 20 heavy (non-hydrogen) atoms. The number of amides is 1. The van der Waals surface area contributed by atoms with Gasteiger partial charge in [-0.3, -0.25) is 4.79 Å². The zero-order chi connectivity index (χ0) is 14.1. The average Bonchev–Trinajstić information content (AvgIpc) is 2.86. The molecule has 3 nitrogen and oxygen atoms in total. The Morgan fingerprint density at radius 3 is 2.90 bits per heavy atom. The number of hydrogen-bond donors (Lipinski definition) is 2. The summed E-state index contributed by atoms with van der Waals surface area (Å²) in [5, 5.41) is 7.05. The fourth-order valence-corrected chi connectivity index (χ4v) is 3.74. The van der Waals surface area contributed by atoms with Crippen LogP contribution in [-0.2, 0) is 4.79 Å². The lowest BCUT2D eigenvalue weighted by Crippen LogP contribution is -2.39. The number of hydrogen-bond acceptors (Lipinski definition) is 2. The van der Waals surface area contributed by atoms with Gasteiger partial charge in [-0.15, -0.1) is 0 Å². The summed E-state index contributed by atoms with van der Waals surface area (Å²) in [6, 6.07) is 6.17. The Kier molecular flexibility index (Phi) is 3.99. The predicted molar refractivity (Wildman–Crippen MR) is 82.1 cm³/mol. The minimum absolute atomic E-state index is 0.0464. The molecule has 2 aliphatic rings. The van der Waals surface area contributed by atoms with Crippen LogP contribution in [0.25, 0.3) is 0 Å². The van der Waals surface area contributed by atoms with Crippen molar-refractivity contribution in [2.45, 2.75) is 51.1 Å². The molecule has 0 bridgehead atoms. The van der Waals surface area contributed by atoms with E-state index in [9.17, 15) is 4.79 Å². The van der Waals surface area contributed by atoms with Crippen LogP contribution in [0.4, 0.5) is 5.69 Å². The molecule has 3 atom stereocenters. The summed E-state index contributed by atoms with van der Waals surface area (Å²) < 4.78 is 0. The standard InChI is InChI=1S/C16H21ClN2O/c1-10-6-7-14(12(17)8-10)19-16(20)15-9-11-4-2-3-5-13(11)18-15/h6-8,11,13,15,18H,2-5,9H2,1H3,(H,19,20). The fourth-order valence-electron chi connectivity index (χ4n) is 3.46. The van der Waals surface area contributed by atoms with E-state index in [0.717, 1.165) is 12.0 Å². The van der Waals surface area contributed by atoms with Gasteiger partial charge in [-0.25, -0.2) is 0 Å². The van der Waals surface area contributed by atoms with Gasteiger partial charge in [0.05, 0.1) is 16.8 Å². The van der Waals surface area contributed by atoms with Gasteiger partial charge in [0.15, 0.2) is 0 Å². The molecule has 1 aliphatic carbocycles. The van der Waals surface area contributed by atoms with Crippen molar-refractivity contribution in [3.05, 3.63) is 28.8 Å². The molecule has 4 heteroatoms. The van der Waals surface area contributed by atoms with E-state index in [0.29, 0.717) is 22.7 Å². The first-order valence-electron chi connectivity index (χ1n) is 7.46. The maximum Gasteiger partial charge on any atom is 0.241 e. The molecular weight excluding hydrogens is 272 g/mol. The number of aryl methyl sites for hydroxylation is 1. The van der Waals surface area contributed by atoms with Crippen molar-refractivity contribution in [1.82, 2.24) is 5.32 Å². The molecule has 1 aromatic rings. The minimum atomic E-state index is -0.0690. The molecule has 2 N–H and O–H groups in total. The van der Waals surface area contributed by atoms with Crippen LogP contribution in [0.3, 0.4) is 0 Å². The van der Waals surface area contributed by atoms with E-state index < -0.39 is 0 Å².